The molecule has 1 aliphatic carbocycles. The van der Waals surface area contributed by atoms with Gasteiger partial charge in [-0.1, -0.05) is 41.8 Å². The van der Waals surface area contributed by atoms with Gasteiger partial charge in [0.1, 0.15) is 0 Å². The highest BCUT2D eigenvalue weighted by atomic mass is 35.5. The number of hydrogen-bond donors (Lipinski definition) is 1. The zero-order chi connectivity index (χ0) is 11.5. The van der Waals surface area contributed by atoms with E-state index >= 15 is 0 Å². The molecule has 2 rings (SSSR count). The van der Waals surface area contributed by atoms with Crippen molar-refractivity contribution in [2.24, 2.45) is 5.92 Å². The molecule has 1 aromatic rings. The zero-order valence-corrected chi connectivity index (χ0v) is 11.0. The molecule has 0 amide bonds. The van der Waals surface area contributed by atoms with Gasteiger partial charge in [-0.25, -0.2) is 0 Å². The minimum absolute atomic E-state index is 0.568. The maximum Gasteiger partial charge on any atom is 0.0627 e. The van der Waals surface area contributed by atoms with Crippen molar-refractivity contribution < 1.29 is 0 Å². The molecule has 1 nitrogen and oxygen atoms in total. The zero-order valence-electron chi connectivity index (χ0n) is 9.47. The Bertz CT molecular complexity index is 365. The summed E-state index contributed by atoms with van der Waals surface area (Å²) in [5.41, 5.74) is 1.23. The van der Waals surface area contributed by atoms with E-state index in [1.807, 2.05) is 19.2 Å². The normalized spacial score (nSPS) is 24.9. The lowest BCUT2D eigenvalue weighted by molar-refractivity contribution is 0.462. The van der Waals surface area contributed by atoms with Crippen LogP contribution in [0, 0.1) is 5.92 Å². The molecule has 16 heavy (non-hydrogen) atoms. The molecule has 0 heterocycles. The fraction of sp³-hybridized carbons (Fsp3) is 0.538. The summed E-state index contributed by atoms with van der Waals surface area (Å²) in [5.74, 6) is 1.26. The van der Waals surface area contributed by atoms with Crippen LogP contribution in [0.3, 0.4) is 0 Å². The first kappa shape index (κ1) is 12.2. The predicted octanol–water partition coefficient (Wildman–Crippen LogP) is 4.10. The van der Waals surface area contributed by atoms with Crippen LogP contribution in [0.4, 0.5) is 0 Å². The van der Waals surface area contributed by atoms with Gasteiger partial charge in [-0.2, -0.15) is 0 Å². The van der Waals surface area contributed by atoms with Crippen LogP contribution >= 0.6 is 23.2 Å². The molecule has 0 aliphatic heterocycles. The Morgan fingerprint density at radius 1 is 1.31 bits per heavy atom. The van der Waals surface area contributed by atoms with E-state index in [1.54, 1.807) is 0 Å². The Labute approximate surface area is 107 Å². The highest BCUT2D eigenvalue weighted by Gasteiger charge is 2.29. The monoisotopic (exact) mass is 257 g/mol. The van der Waals surface area contributed by atoms with Crippen LogP contribution in [-0.2, 0) is 0 Å². The lowest BCUT2D eigenvalue weighted by Crippen LogP contribution is -2.21. The summed E-state index contributed by atoms with van der Waals surface area (Å²) < 4.78 is 0. The largest absolute Gasteiger partial charge is 0.319 e. The molecule has 2 unspecified atom stereocenters. The molecule has 1 aromatic carbocycles. The Morgan fingerprint density at radius 3 is 2.88 bits per heavy atom. The first-order valence-electron chi connectivity index (χ1n) is 5.82. The molecule has 0 aromatic heterocycles. The summed E-state index contributed by atoms with van der Waals surface area (Å²) >= 11 is 12.4. The van der Waals surface area contributed by atoms with Crippen molar-refractivity contribution in [3.05, 3.63) is 33.8 Å². The first-order chi connectivity index (χ1) is 7.74. The Balaban J connectivity index is 2.25. The number of nitrogens with one attached hydrogen (secondary N) is 1. The van der Waals surface area contributed by atoms with Crippen LogP contribution in [-0.4, -0.2) is 13.6 Å². The van der Waals surface area contributed by atoms with E-state index in [4.69, 9.17) is 23.2 Å². The predicted molar refractivity (Wildman–Crippen MR) is 70.5 cm³/mol. The molecule has 0 spiro atoms. The van der Waals surface area contributed by atoms with Gasteiger partial charge in [-0.3, -0.25) is 0 Å². The van der Waals surface area contributed by atoms with E-state index in [-0.39, 0.29) is 0 Å². The van der Waals surface area contributed by atoms with Gasteiger partial charge in [0.25, 0.3) is 0 Å². The van der Waals surface area contributed by atoms with Crippen molar-refractivity contribution >= 4 is 23.2 Å². The molecule has 88 valence electrons. The maximum absolute atomic E-state index is 6.29. The molecule has 2 atom stereocenters. The third-order valence-electron chi connectivity index (χ3n) is 3.51. The summed E-state index contributed by atoms with van der Waals surface area (Å²) in [6.07, 6.45) is 3.81. The molecule has 1 N–H and O–H groups in total. The van der Waals surface area contributed by atoms with Crippen LogP contribution in [0.1, 0.15) is 30.7 Å². The van der Waals surface area contributed by atoms with E-state index in [1.165, 1.54) is 24.8 Å². The molecular formula is C13H17Cl2N. The number of hydrogen-bond acceptors (Lipinski definition) is 1. The molecule has 0 saturated heterocycles. The second-order valence-electron chi connectivity index (χ2n) is 4.50. The highest BCUT2D eigenvalue weighted by Crippen LogP contribution is 2.43. The van der Waals surface area contributed by atoms with Gasteiger partial charge in [0.05, 0.1) is 10.0 Å². The number of benzene rings is 1. The van der Waals surface area contributed by atoms with Crippen LogP contribution in [0.2, 0.25) is 10.0 Å². The molecule has 1 saturated carbocycles. The third kappa shape index (κ3) is 2.37. The summed E-state index contributed by atoms with van der Waals surface area (Å²) in [6, 6.07) is 5.97. The van der Waals surface area contributed by atoms with Gasteiger partial charge in [-0.15, -0.1) is 0 Å². The Morgan fingerprint density at radius 2 is 2.12 bits per heavy atom. The van der Waals surface area contributed by atoms with Crippen molar-refractivity contribution in [3.8, 4) is 0 Å². The smallest absolute Gasteiger partial charge is 0.0627 e. The van der Waals surface area contributed by atoms with Gasteiger partial charge in [0.15, 0.2) is 0 Å². The van der Waals surface area contributed by atoms with Gasteiger partial charge in [0.2, 0.25) is 0 Å². The minimum Gasteiger partial charge on any atom is -0.319 e. The second-order valence-corrected chi connectivity index (χ2v) is 5.28. The minimum atomic E-state index is 0.568. The first-order valence-corrected chi connectivity index (χ1v) is 6.58. The van der Waals surface area contributed by atoms with Crippen molar-refractivity contribution in [2.75, 3.05) is 13.6 Å². The lowest BCUT2D eigenvalue weighted by atomic mass is 9.89. The van der Waals surface area contributed by atoms with Crippen molar-refractivity contribution in [2.45, 2.75) is 25.2 Å². The highest BCUT2D eigenvalue weighted by molar-refractivity contribution is 6.42. The fourth-order valence-corrected chi connectivity index (χ4v) is 3.21. The molecule has 1 fully saturated rings. The average Bonchev–Trinajstić information content (AvgIpc) is 2.71. The quantitative estimate of drug-likeness (QED) is 0.860. The molecule has 0 bridgehead atoms. The van der Waals surface area contributed by atoms with E-state index in [9.17, 15) is 0 Å². The number of rotatable bonds is 3. The average molecular weight is 258 g/mol. The van der Waals surface area contributed by atoms with E-state index < -0.39 is 0 Å². The van der Waals surface area contributed by atoms with Gasteiger partial charge in [0, 0.05) is 0 Å². The lowest BCUT2D eigenvalue weighted by Gasteiger charge is -2.21. The number of halogens is 2. The fourth-order valence-electron chi connectivity index (χ4n) is 2.76. The Kier molecular flexibility index (Phi) is 4.12. The van der Waals surface area contributed by atoms with Gasteiger partial charge < -0.3 is 5.32 Å². The standard InChI is InChI=1S/C13H17Cl2N/c1-16-8-9-4-2-5-10(9)11-6-3-7-12(14)13(11)15/h3,6-7,9-10,16H,2,4-5,8H2,1H3. The molecular weight excluding hydrogens is 241 g/mol. The van der Waals surface area contributed by atoms with E-state index in [0.29, 0.717) is 16.9 Å². The van der Waals surface area contributed by atoms with Crippen molar-refractivity contribution in [1.82, 2.24) is 5.32 Å². The SMILES string of the molecule is CNCC1CCCC1c1cccc(Cl)c1Cl. The van der Waals surface area contributed by atoms with E-state index in [2.05, 4.69) is 11.4 Å². The van der Waals surface area contributed by atoms with Crippen LogP contribution in [0.15, 0.2) is 18.2 Å². The van der Waals surface area contributed by atoms with Gasteiger partial charge >= 0.3 is 0 Å². The summed E-state index contributed by atoms with van der Waals surface area (Å²) in [5, 5.41) is 4.69. The maximum atomic E-state index is 6.29. The van der Waals surface area contributed by atoms with Crippen molar-refractivity contribution in [3.63, 3.8) is 0 Å². The van der Waals surface area contributed by atoms with Crippen LogP contribution in [0.5, 0.6) is 0 Å². The van der Waals surface area contributed by atoms with E-state index in [0.717, 1.165) is 11.6 Å². The summed E-state index contributed by atoms with van der Waals surface area (Å²) in [6.45, 7) is 1.06. The van der Waals surface area contributed by atoms with Crippen LogP contribution < -0.4 is 5.32 Å². The third-order valence-corrected chi connectivity index (χ3v) is 4.34. The molecule has 3 heteroatoms. The second kappa shape index (κ2) is 5.39. The van der Waals surface area contributed by atoms with Crippen LogP contribution in [0.25, 0.3) is 0 Å². The summed E-state index contributed by atoms with van der Waals surface area (Å²) in [7, 11) is 2.01. The molecule has 0 radical (unpaired) electrons. The summed E-state index contributed by atoms with van der Waals surface area (Å²) in [4.78, 5) is 0. The Hall–Kier alpha value is -0.240. The topological polar surface area (TPSA) is 12.0 Å². The molecule has 1 aliphatic rings. The van der Waals surface area contributed by atoms with Crippen molar-refractivity contribution in [1.29, 1.82) is 0 Å². The van der Waals surface area contributed by atoms with Gasteiger partial charge in [-0.05, 0) is 49.9 Å².